The smallest absolute Gasteiger partial charge is 0.279 e. The number of carbonyl (C=O) groups is 1. The van der Waals surface area contributed by atoms with Crippen molar-refractivity contribution in [1.82, 2.24) is 4.98 Å². The number of benzene rings is 1. The van der Waals surface area contributed by atoms with Crippen LogP contribution in [0.3, 0.4) is 0 Å². The number of hydrogen-bond donors (Lipinski definition) is 2. The van der Waals surface area contributed by atoms with Gasteiger partial charge in [0.1, 0.15) is 17.4 Å². The van der Waals surface area contributed by atoms with E-state index >= 15 is 0 Å². The second-order valence-corrected chi connectivity index (χ2v) is 6.77. The molecule has 150 valence electrons. The second kappa shape index (κ2) is 6.61. The third kappa shape index (κ3) is 3.23. The maximum atomic E-state index is 14.6. The first-order valence-corrected chi connectivity index (χ1v) is 8.37. The van der Waals surface area contributed by atoms with Gasteiger partial charge >= 0.3 is 0 Å². The average molecular weight is 398 g/mol. The minimum atomic E-state index is -3.70. The van der Waals surface area contributed by atoms with Gasteiger partial charge in [-0.05, 0) is 32.0 Å². The lowest BCUT2D eigenvalue weighted by Gasteiger charge is -2.39. The Labute approximate surface area is 157 Å². The van der Waals surface area contributed by atoms with E-state index in [1.54, 1.807) is 13.8 Å². The normalized spacial score (nSPS) is 24.0. The number of nitrogens with one attached hydrogen (secondary N) is 1. The van der Waals surface area contributed by atoms with Crippen LogP contribution in [0, 0.1) is 19.7 Å². The summed E-state index contributed by atoms with van der Waals surface area (Å²) >= 11 is 0. The minimum absolute atomic E-state index is 0.0140. The van der Waals surface area contributed by atoms with E-state index in [1.165, 1.54) is 6.07 Å². The summed E-state index contributed by atoms with van der Waals surface area (Å²) in [5.74, 6) is -5.41. The Hall–Kier alpha value is -2.91. The Bertz CT molecular complexity index is 972. The molecule has 0 aliphatic carbocycles. The monoisotopic (exact) mass is 398 g/mol. The van der Waals surface area contributed by atoms with Gasteiger partial charge in [-0.1, -0.05) is 0 Å². The van der Waals surface area contributed by atoms with Gasteiger partial charge in [0.2, 0.25) is 0 Å². The number of anilines is 1. The Morgan fingerprint density at radius 3 is 2.64 bits per heavy atom. The van der Waals surface area contributed by atoms with Crippen LogP contribution < -0.4 is 11.1 Å². The number of aryl methyl sites for hydroxylation is 2. The maximum Gasteiger partial charge on any atom is 0.279 e. The summed E-state index contributed by atoms with van der Waals surface area (Å²) in [6.45, 7) is 4.08. The second-order valence-electron chi connectivity index (χ2n) is 6.77. The van der Waals surface area contributed by atoms with Crippen molar-refractivity contribution >= 4 is 17.4 Å². The molecule has 1 aromatic heterocycles. The molecule has 1 aromatic carbocycles. The molecule has 6 nitrogen and oxygen atoms in total. The molecule has 2 heterocycles. The van der Waals surface area contributed by atoms with Crippen LogP contribution in [0.1, 0.15) is 41.0 Å². The maximum absolute atomic E-state index is 14.6. The molecule has 10 heteroatoms. The molecule has 1 amide bonds. The Morgan fingerprint density at radius 2 is 2.04 bits per heavy atom. The van der Waals surface area contributed by atoms with E-state index in [1.807, 2.05) is 0 Å². The van der Waals surface area contributed by atoms with Gasteiger partial charge in [0.25, 0.3) is 11.8 Å². The number of hydrogen-bond acceptors (Lipinski definition) is 5. The lowest BCUT2D eigenvalue weighted by atomic mass is 9.80. The lowest BCUT2D eigenvalue weighted by molar-refractivity contribution is -0.0926. The van der Waals surface area contributed by atoms with Gasteiger partial charge in [-0.3, -0.25) is 9.79 Å². The first kappa shape index (κ1) is 19.8. The van der Waals surface area contributed by atoms with Crippen molar-refractivity contribution in [2.75, 3.05) is 5.32 Å². The van der Waals surface area contributed by atoms with Crippen LogP contribution in [-0.4, -0.2) is 28.8 Å². The molecule has 0 saturated heterocycles. The van der Waals surface area contributed by atoms with Gasteiger partial charge < -0.3 is 15.5 Å². The molecule has 28 heavy (non-hydrogen) atoms. The predicted molar refractivity (Wildman–Crippen MR) is 93.8 cm³/mol. The van der Waals surface area contributed by atoms with Crippen LogP contribution in [0.25, 0.3) is 0 Å². The molecule has 2 atom stereocenters. The number of nitrogens with two attached hydrogens (primary N) is 1. The number of aliphatic imine (C=N–C) groups is 1. The number of oxazole rings is 1. The fourth-order valence-electron chi connectivity index (χ4n) is 3.10. The lowest BCUT2D eigenvalue weighted by Crippen LogP contribution is -2.51. The molecule has 3 rings (SSSR count). The van der Waals surface area contributed by atoms with E-state index < -0.39 is 47.2 Å². The largest absolute Gasteiger partial charge is 0.445 e. The van der Waals surface area contributed by atoms with E-state index in [0.29, 0.717) is 0 Å². The highest BCUT2D eigenvalue weighted by molar-refractivity contribution is 6.03. The Morgan fingerprint density at radius 1 is 1.36 bits per heavy atom. The summed E-state index contributed by atoms with van der Waals surface area (Å²) < 4.78 is 62.4. The van der Waals surface area contributed by atoms with Gasteiger partial charge in [-0.2, -0.15) is 0 Å². The van der Waals surface area contributed by atoms with Crippen molar-refractivity contribution in [2.24, 2.45) is 10.7 Å². The van der Waals surface area contributed by atoms with E-state index in [2.05, 4.69) is 15.3 Å². The predicted octanol–water partition coefficient (Wildman–Crippen LogP) is 3.63. The Balaban J connectivity index is 2.00. The number of aromatic nitrogens is 1. The first-order chi connectivity index (χ1) is 12.9. The van der Waals surface area contributed by atoms with Crippen LogP contribution in [0.15, 0.2) is 27.6 Å². The molecule has 3 N–H and O–H groups in total. The van der Waals surface area contributed by atoms with Gasteiger partial charge in [-0.15, -0.1) is 0 Å². The van der Waals surface area contributed by atoms with E-state index in [-0.39, 0.29) is 23.0 Å². The molecule has 1 aliphatic rings. The fraction of sp³-hybridized carbons (Fsp3) is 0.389. The average Bonchev–Trinajstić information content (AvgIpc) is 2.93. The molecular weight excluding hydrogens is 380 g/mol. The zero-order valence-corrected chi connectivity index (χ0v) is 15.3. The molecule has 0 fully saturated rings. The summed E-state index contributed by atoms with van der Waals surface area (Å²) in [6, 6.07) is 3.15. The van der Waals surface area contributed by atoms with Crippen molar-refractivity contribution in [2.45, 2.75) is 44.8 Å². The number of halogens is 4. The van der Waals surface area contributed by atoms with Crippen molar-refractivity contribution in [3.8, 4) is 0 Å². The number of nitrogens with zero attached hydrogens (tertiary/aromatic N) is 2. The van der Waals surface area contributed by atoms with Gasteiger partial charge in [0, 0.05) is 18.2 Å². The molecule has 0 bridgehead atoms. The van der Waals surface area contributed by atoms with Crippen molar-refractivity contribution in [1.29, 1.82) is 0 Å². The third-order valence-electron chi connectivity index (χ3n) is 4.69. The van der Waals surface area contributed by atoms with Gasteiger partial charge in [0.15, 0.2) is 23.3 Å². The van der Waals surface area contributed by atoms with Crippen LogP contribution in [-0.2, 0) is 5.54 Å². The summed E-state index contributed by atoms with van der Waals surface area (Å²) in [7, 11) is 0. The zero-order valence-electron chi connectivity index (χ0n) is 15.3. The molecule has 0 spiro atoms. The summed E-state index contributed by atoms with van der Waals surface area (Å²) in [6.07, 6.45) is -3.33. The summed E-state index contributed by atoms with van der Waals surface area (Å²) in [5, 5.41) is 2.46. The van der Waals surface area contributed by atoms with Crippen molar-refractivity contribution < 1.29 is 26.8 Å². The highest BCUT2D eigenvalue weighted by Crippen LogP contribution is 2.48. The molecule has 2 aromatic rings. The van der Waals surface area contributed by atoms with Gasteiger partial charge in [-0.25, -0.2) is 22.5 Å². The number of rotatable bonds is 3. The van der Waals surface area contributed by atoms with Crippen LogP contribution >= 0.6 is 0 Å². The van der Waals surface area contributed by atoms with E-state index in [0.717, 1.165) is 19.1 Å². The van der Waals surface area contributed by atoms with Crippen LogP contribution in [0.4, 0.5) is 23.2 Å². The Kier molecular flexibility index (Phi) is 4.68. The van der Waals surface area contributed by atoms with E-state index in [9.17, 15) is 22.4 Å². The van der Waals surface area contributed by atoms with Gasteiger partial charge in [0.05, 0.1) is 6.42 Å². The number of amides is 1. The highest BCUT2D eigenvalue weighted by Gasteiger charge is 2.57. The first-order valence-electron chi connectivity index (χ1n) is 8.37. The minimum Gasteiger partial charge on any atom is -0.445 e. The fourth-order valence-corrected chi connectivity index (χ4v) is 3.10. The zero-order chi connectivity index (χ0) is 20.9. The topological polar surface area (TPSA) is 93.5 Å². The van der Waals surface area contributed by atoms with Crippen LogP contribution in [0.5, 0.6) is 0 Å². The quantitative estimate of drug-likeness (QED) is 0.772. The number of amidine groups is 1. The molecule has 1 aliphatic heterocycles. The SMILES string of the molecule is Cc1nc(C(=O)Nc2ccc(F)c([C@@]3(C)N=C(N)[C@@H](F)CC3(F)F)c2)c(C)o1. The highest BCUT2D eigenvalue weighted by atomic mass is 19.3. The third-order valence-corrected chi connectivity index (χ3v) is 4.69. The molecule has 0 radical (unpaired) electrons. The summed E-state index contributed by atoms with van der Waals surface area (Å²) in [5.41, 5.74) is 2.52. The van der Waals surface area contributed by atoms with E-state index in [4.69, 9.17) is 10.2 Å². The van der Waals surface area contributed by atoms with Crippen molar-refractivity contribution in [3.63, 3.8) is 0 Å². The number of carbonyl (C=O) groups excluding carboxylic acids is 1. The molecule has 0 saturated carbocycles. The van der Waals surface area contributed by atoms with Crippen molar-refractivity contribution in [3.05, 3.63) is 46.9 Å². The van der Waals surface area contributed by atoms with Crippen LogP contribution in [0.2, 0.25) is 0 Å². The standard InChI is InChI=1S/C18H18F4N4O2/c1-8-14(24-9(2)28-8)16(27)25-10-4-5-12(19)11(6-10)17(3)18(21,22)7-13(20)15(23)26-17/h4-6,13H,7H2,1-3H3,(H2,23,26)(H,25,27)/t13-,17+/m0/s1. The molecule has 0 unspecified atom stereocenters. The summed E-state index contributed by atoms with van der Waals surface area (Å²) in [4.78, 5) is 19.9. The molecular formula is C18H18F4N4O2. The number of alkyl halides is 3.